The van der Waals surface area contributed by atoms with E-state index in [0.29, 0.717) is 17.8 Å². The van der Waals surface area contributed by atoms with Gasteiger partial charge in [0.25, 0.3) is 0 Å². The van der Waals surface area contributed by atoms with Crippen LogP contribution in [0.5, 0.6) is 0 Å². The molecule has 1 aromatic carbocycles. The second-order valence-corrected chi connectivity index (χ2v) is 4.92. The molecular formula is C15H20N4O. The Morgan fingerprint density at radius 2 is 1.90 bits per heavy atom. The predicted octanol–water partition coefficient (Wildman–Crippen LogP) is 1.13. The molecule has 0 atom stereocenters. The summed E-state index contributed by atoms with van der Waals surface area (Å²) < 4.78 is 0. The molecule has 1 heterocycles. The number of nitriles is 1. The maximum Gasteiger partial charge on any atom is 0.238 e. The van der Waals surface area contributed by atoms with Crippen molar-refractivity contribution in [1.82, 2.24) is 9.80 Å². The summed E-state index contributed by atoms with van der Waals surface area (Å²) in [4.78, 5) is 16.5. The van der Waals surface area contributed by atoms with Crippen LogP contribution in [0.15, 0.2) is 24.3 Å². The topological polar surface area (TPSA) is 59.4 Å². The lowest BCUT2D eigenvalue weighted by atomic mass is 10.2. The maximum atomic E-state index is 12.0. The summed E-state index contributed by atoms with van der Waals surface area (Å²) in [5.74, 6) is -0.0577. The van der Waals surface area contributed by atoms with Crippen LogP contribution >= 0.6 is 0 Å². The average molecular weight is 272 g/mol. The number of carbonyl (C=O) groups excluding carboxylic acids is 1. The number of nitrogens with zero attached hydrogens (tertiary/aromatic N) is 3. The average Bonchev–Trinajstić information content (AvgIpc) is 2.48. The van der Waals surface area contributed by atoms with E-state index in [9.17, 15) is 4.79 Å². The Hall–Kier alpha value is -1.90. The van der Waals surface area contributed by atoms with Gasteiger partial charge in [-0.2, -0.15) is 5.26 Å². The third-order valence-electron chi connectivity index (χ3n) is 3.60. The highest BCUT2D eigenvalue weighted by atomic mass is 16.2. The van der Waals surface area contributed by atoms with Crippen molar-refractivity contribution in [3.05, 3.63) is 29.8 Å². The number of rotatable bonds is 4. The van der Waals surface area contributed by atoms with Gasteiger partial charge in [0.05, 0.1) is 17.8 Å². The minimum Gasteiger partial charge on any atom is -0.324 e. The van der Waals surface area contributed by atoms with Crippen molar-refractivity contribution in [2.45, 2.75) is 6.92 Å². The zero-order valence-electron chi connectivity index (χ0n) is 11.8. The van der Waals surface area contributed by atoms with Gasteiger partial charge in [0.1, 0.15) is 6.07 Å². The molecule has 0 aromatic heterocycles. The minimum absolute atomic E-state index is 0.0577. The summed E-state index contributed by atoms with van der Waals surface area (Å²) in [6.07, 6.45) is 0. The SMILES string of the molecule is CCN1CCN(CC(=O)Nc2ccccc2C#N)CC1. The van der Waals surface area contributed by atoms with Crippen LogP contribution in [0.1, 0.15) is 12.5 Å². The Morgan fingerprint density at radius 3 is 2.55 bits per heavy atom. The van der Waals surface area contributed by atoms with E-state index in [1.54, 1.807) is 18.2 Å². The largest absolute Gasteiger partial charge is 0.324 e. The molecule has 5 heteroatoms. The normalized spacial score (nSPS) is 16.6. The molecule has 1 aliphatic rings. The van der Waals surface area contributed by atoms with Crippen molar-refractivity contribution >= 4 is 11.6 Å². The van der Waals surface area contributed by atoms with Crippen LogP contribution in [0.25, 0.3) is 0 Å². The zero-order chi connectivity index (χ0) is 14.4. The van der Waals surface area contributed by atoms with E-state index < -0.39 is 0 Å². The van der Waals surface area contributed by atoms with Crippen molar-refractivity contribution in [2.75, 3.05) is 44.6 Å². The summed E-state index contributed by atoms with van der Waals surface area (Å²) in [5, 5.41) is 11.8. The van der Waals surface area contributed by atoms with E-state index in [0.717, 1.165) is 32.7 Å². The summed E-state index contributed by atoms with van der Waals surface area (Å²) >= 11 is 0. The number of nitrogens with one attached hydrogen (secondary N) is 1. The number of amides is 1. The van der Waals surface area contributed by atoms with Gasteiger partial charge in [-0.3, -0.25) is 9.69 Å². The first-order valence-electron chi connectivity index (χ1n) is 6.96. The van der Waals surface area contributed by atoms with Gasteiger partial charge >= 0.3 is 0 Å². The quantitative estimate of drug-likeness (QED) is 0.893. The minimum atomic E-state index is -0.0577. The van der Waals surface area contributed by atoms with Crippen molar-refractivity contribution in [1.29, 1.82) is 5.26 Å². The second-order valence-electron chi connectivity index (χ2n) is 4.92. The van der Waals surface area contributed by atoms with Crippen molar-refractivity contribution in [3.8, 4) is 6.07 Å². The summed E-state index contributed by atoms with van der Waals surface area (Å²) in [6.45, 7) is 7.47. The molecule has 1 amide bonds. The van der Waals surface area contributed by atoms with Crippen LogP contribution < -0.4 is 5.32 Å². The Labute approximate surface area is 119 Å². The smallest absolute Gasteiger partial charge is 0.238 e. The van der Waals surface area contributed by atoms with E-state index in [1.165, 1.54) is 0 Å². The van der Waals surface area contributed by atoms with Crippen LogP contribution in [0.3, 0.4) is 0 Å². The van der Waals surface area contributed by atoms with Crippen molar-refractivity contribution in [2.24, 2.45) is 0 Å². The molecule has 2 rings (SSSR count). The Kier molecular flexibility index (Phi) is 5.10. The number of likely N-dealkylation sites (N-methyl/N-ethyl adjacent to an activating group) is 1. The molecule has 20 heavy (non-hydrogen) atoms. The lowest BCUT2D eigenvalue weighted by Gasteiger charge is -2.33. The molecular weight excluding hydrogens is 252 g/mol. The molecule has 0 unspecified atom stereocenters. The highest BCUT2D eigenvalue weighted by Gasteiger charge is 2.18. The molecule has 1 saturated heterocycles. The first kappa shape index (κ1) is 14.5. The molecule has 1 aliphatic heterocycles. The Balaban J connectivity index is 1.86. The van der Waals surface area contributed by atoms with Crippen LogP contribution in [-0.2, 0) is 4.79 Å². The van der Waals surface area contributed by atoms with Crippen molar-refractivity contribution in [3.63, 3.8) is 0 Å². The van der Waals surface area contributed by atoms with Gasteiger partial charge in [0.15, 0.2) is 0 Å². The van der Waals surface area contributed by atoms with Gasteiger partial charge in [-0.25, -0.2) is 0 Å². The molecule has 0 saturated carbocycles. The first-order valence-corrected chi connectivity index (χ1v) is 6.96. The number of carbonyl (C=O) groups is 1. The van der Waals surface area contributed by atoms with Gasteiger partial charge in [-0.15, -0.1) is 0 Å². The van der Waals surface area contributed by atoms with Crippen LogP contribution in [0.2, 0.25) is 0 Å². The predicted molar refractivity (Wildman–Crippen MR) is 78.3 cm³/mol. The standard InChI is InChI=1S/C15H20N4O/c1-2-18-7-9-19(10-8-18)12-15(20)17-14-6-4-3-5-13(14)11-16/h3-6H,2,7-10,12H2,1H3,(H,17,20). The molecule has 106 valence electrons. The zero-order valence-corrected chi connectivity index (χ0v) is 11.8. The van der Waals surface area contributed by atoms with Gasteiger partial charge < -0.3 is 10.2 Å². The highest BCUT2D eigenvalue weighted by Crippen LogP contribution is 2.13. The van der Waals surface area contributed by atoms with Crippen LogP contribution in [-0.4, -0.2) is 55.0 Å². The number of anilines is 1. The maximum absolute atomic E-state index is 12.0. The summed E-state index contributed by atoms with van der Waals surface area (Å²) in [5.41, 5.74) is 1.09. The first-order chi connectivity index (χ1) is 9.72. The van der Waals surface area contributed by atoms with Gasteiger partial charge in [-0.1, -0.05) is 19.1 Å². The second kappa shape index (κ2) is 7.04. The molecule has 1 fully saturated rings. The molecule has 1 N–H and O–H groups in total. The lowest BCUT2D eigenvalue weighted by Crippen LogP contribution is -2.48. The molecule has 0 aliphatic carbocycles. The van der Waals surface area contributed by atoms with Gasteiger partial charge in [-0.05, 0) is 18.7 Å². The fourth-order valence-corrected chi connectivity index (χ4v) is 2.35. The molecule has 0 bridgehead atoms. The van der Waals surface area contributed by atoms with Gasteiger partial charge in [0.2, 0.25) is 5.91 Å². The number of hydrogen-bond donors (Lipinski definition) is 1. The van der Waals surface area contributed by atoms with Crippen LogP contribution in [0, 0.1) is 11.3 Å². The van der Waals surface area contributed by atoms with E-state index >= 15 is 0 Å². The van der Waals surface area contributed by atoms with E-state index in [4.69, 9.17) is 5.26 Å². The summed E-state index contributed by atoms with van der Waals surface area (Å²) in [6, 6.07) is 9.15. The fourth-order valence-electron chi connectivity index (χ4n) is 2.35. The Morgan fingerprint density at radius 1 is 1.25 bits per heavy atom. The third kappa shape index (κ3) is 3.80. The van der Waals surface area contributed by atoms with Crippen LogP contribution in [0.4, 0.5) is 5.69 Å². The van der Waals surface area contributed by atoms with E-state index in [-0.39, 0.29) is 5.91 Å². The Bertz CT molecular complexity index is 501. The fraction of sp³-hybridized carbons (Fsp3) is 0.467. The van der Waals surface area contributed by atoms with Gasteiger partial charge in [0, 0.05) is 26.2 Å². The highest BCUT2D eigenvalue weighted by molar-refractivity contribution is 5.93. The number of benzene rings is 1. The number of hydrogen-bond acceptors (Lipinski definition) is 4. The number of para-hydroxylation sites is 1. The lowest BCUT2D eigenvalue weighted by molar-refractivity contribution is -0.117. The molecule has 1 aromatic rings. The molecule has 5 nitrogen and oxygen atoms in total. The third-order valence-corrected chi connectivity index (χ3v) is 3.60. The van der Waals surface area contributed by atoms with E-state index in [2.05, 4.69) is 28.1 Å². The molecule has 0 radical (unpaired) electrons. The van der Waals surface area contributed by atoms with E-state index in [1.807, 2.05) is 6.07 Å². The monoisotopic (exact) mass is 272 g/mol. The molecule has 0 spiro atoms. The van der Waals surface area contributed by atoms with Crippen molar-refractivity contribution < 1.29 is 4.79 Å². The number of piperazine rings is 1. The summed E-state index contributed by atoms with van der Waals surface area (Å²) in [7, 11) is 0.